The molecule has 6 heteroatoms. The van der Waals surface area contributed by atoms with Crippen LogP contribution in [0.25, 0.3) is 0 Å². The number of hydrogen-bond donors (Lipinski definition) is 1. The highest BCUT2D eigenvalue weighted by Gasteiger charge is 2.25. The molecule has 2 amide bonds. The van der Waals surface area contributed by atoms with Crippen LogP contribution in [0.15, 0.2) is 6.20 Å². The van der Waals surface area contributed by atoms with E-state index < -0.39 is 5.91 Å². The van der Waals surface area contributed by atoms with Crippen molar-refractivity contribution in [3.8, 4) is 0 Å². The van der Waals surface area contributed by atoms with E-state index in [1.54, 1.807) is 6.20 Å². The highest BCUT2D eigenvalue weighted by Crippen LogP contribution is 2.29. The fourth-order valence-corrected chi connectivity index (χ4v) is 4.53. The number of aromatic nitrogens is 2. The van der Waals surface area contributed by atoms with Gasteiger partial charge in [0.1, 0.15) is 5.82 Å². The summed E-state index contributed by atoms with van der Waals surface area (Å²) < 4.78 is 0. The van der Waals surface area contributed by atoms with E-state index in [1.807, 2.05) is 4.90 Å². The Balaban J connectivity index is 1.60. The lowest BCUT2D eigenvalue weighted by atomic mass is 9.92. The summed E-state index contributed by atoms with van der Waals surface area (Å²) in [6.07, 6.45) is 10.8. The predicted molar refractivity (Wildman–Crippen MR) is 109 cm³/mol. The van der Waals surface area contributed by atoms with Gasteiger partial charge in [-0.1, -0.05) is 39.5 Å². The summed E-state index contributed by atoms with van der Waals surface area (Å²) in [6.45, 7) is 5.82. The second kappa shape index (κ2) is 9.48. The first-order chi connectivity index (χ1) is 13.4. The van der Waals surface area contributed by atoms with Gasteiger partial charge in [0.2, 0.25) is 5.91 Å². The second-order valence-corrected chi connectivity index (χ2v) is 8.99. The number of amides is 2. The van der Waals surface area contributed by atoms with Gasteiger partial charge >= 0.3 is 0 Å². The lowest BCUT2D eigenvalue weighted by Crippen LogP contribution is -2.39. The molecule has 28 heavy (non-hydrogen) atoms. The molecule has 0 unspecified atom stereocenters. The summed E-state index contributed by atoms with van der Waals surface area (Å²) in [7, 11) is 0. The minimum absolute atomic E-state index is 0.273. The van der Waals surface area contributed by atoms with Crippen LogP contribution in [0.1, 0.15) is 80.7 Å². The third-order valence-electron chi connectivity index (χ3n) is 6.16. The van der Waals surface area contributed by atoms with Gasteiger partial charge in [-0.05, 0) is 37.0 Å². The highest BCUT2D eigenvalue weighted by molar-refractivity contribution is 5.93. The van der Waals surface area contributed by atoms with E-state index in [-0.39, 0.29) is 5.91 Å². The Labute approximate surface area is 168 Å². The average Bonchev–Trinajstić information content (AvgIpc) is 3.15. The molecule has 154 valence electrons. The average molecular weight is 387 g/mol. The SMILES string of the molecule is CC(C)CC(=O)N1CCC(Cc2ncc(C(N)=O)c(CC3CCCC3)n2)CC1. The third-order valence-corrected chi connectivity index (χ3v) is 6.16. The van der Waals surface area contributed by atoms with Gasteiger partial charge in [-0.2, -0.15) is 0 Å². The lowest BCUT2D eigenvalue weighted by Gasteiger charge is -2.32. The smallest absolute Gasteiger partial charge is 0.252 e. The maximum absolute atomic E-state index is 12.2. The van der Waals surface area contributed by atoms with Gasteiger partial charge in [0.15, 0.2) is 0 Å². The maximum atomic E-state index is 12.2. The van der Waals surface area contributed by atoms with E-state index in [2.05, 4.69) is 18.8 Å². The highest BCUT2D eigenvalue weighted by atomic mass is 16.2. The van der Waals surface area contributed by atoms with Crippen molar-refractivity contribution in [2.24, 2.45) is 23.5 Å². The topological polar surface area (TPSA) is 89.2 Å². The molecule has 0 bridgehead atoms. The molecule has 1 saturated carbocycles. The normalized spacial score (nSPS) is 18.8. The van der Waals surface area contributed by atoms with Crippen LogP contribution >= 0.6 is 0 Å². The van der Waals surface area contributed by atoms with Gasteiger partial charge in [-0.3, -0.25) is 9.59 Å². The first-order valence-electron chi connectivity index (χ1n) is 10.8. The number of carbonyl (C=O) groups is 2. The van der Waals surface area contributed by atoms with Crippen LogP contribution < -0.4 is 5.73 Å². The number of nitrogens with two attached hydrogens (primary N) is 1. The van der Waals surface area contributed by atoms with Crippen molar-refractivity contribution in [1.29, 1.82) is 0 Å². The summed E-state index contributed by atoms with van der Waals surface area (Å²) in [6, 6.07) is 0. The largest absolute Gasteiger partial charge is 0.365 e. The summed E-state index contributed by atoms with van der Waals surface area (Å²) in [4.78, 5) is 35.2. The van der Waals surface area contributed by atoms with E-state index in [0.717, 1.165) is 50.3 Å². The van der Waals surface area contributed by atoms with E-state index in [9.17, 15) is 9.59 Å². The Morgan fingerprint density at radius 1 is 1.11 bits per heavy atom. The molecule has 1 aromatic rings. The molecule has 1 aromatic heterocycles. The van der Waals surface area contributed by atoms with Crippen LogP contribution in [0.2, 0.25) is 0 Å². The monoisotopic (exact) mass is 386 g/mol. The molecule has 2 N–H and O–H groups in total. The molecule has 1 saturated heterocycles. The first kappa shape index (κ1) is 20.7. The number of rotatable bonds is 7. The number of hydrogen-bond acceptors (Lipinski definition) is 4. The molecule has 1 aliphatic heterocycles. The summed E-state index contributed by atoms with van der Waals surface area (Å²) in [5.74, 6) is 2.15. The quantitative estimate of drug-likeness (QED) is 0.779. The number of piperidine rings is 1. The molecule has 0 spiro atoms. The molecule has 0 radical (unpaired) electrons. The molecule has 2 heterocycles. The van der Waals surface area contributed by atoms with Crippen LogP contribution in [0, 0.1) is 17.8 Å². The third kappa shape index (κ3) is 5.52. The Morgan fingerprint density at radius 3 is 2.36 bits per heavy atom. The molecular weight excluding hydrogens is 352 g/mol. The van der Waals surface area contributed by atoms with Gasteiger partial charge in [0.25, 0.3) is 5.91 Å². The molecule has 0 atom stereocenters. The second-order valence-electron chi connectivity index (χ2n) is 8.99. The van der Waals surface area contributed by atoms with Crippen molar-refractivity contribution >= 4 is 11.8 Å². The first-order valence-corrected chi connectivity index (χ1v) is 10.8. The number of primary amides is 1. The van der Waals surface area contributed by atoms with Crippen molar-refractivity contribution in [2.75, 3.05) is 13.1 Å². The van der Waals surface area contributed by atoms with E-state index in [0.29, 0.717) is 29.7 Å². The standard InChI is InChI=1S/C22H34N4O2/c1-15(2)11-21(27)26-9-7-17(8-10-26)13-20-24-14-18(22(23)28)19(25-20)12-16-5-3-4-6-16/h14-17H,3-13H2,1-2H3,(H2,23,28). The van der Waals surface area contributed by atoms with Crippen molar-refractivity contribution in [1.82, 2.24) is 14.9 Å². The van der Waals surface area contributed by atoms with Gasteiger partial charge in [-0.25, -0.2) is 9.97 Å². The molecule has 0 aromatic carbocycles. The summed E-state index contributed by atoms with van der Waals surface area (Å²) in [5.41, 5.74) is 6.85. The zero-order valence-electron chi connectivity index (χ0n) is 17.3. The van der Waals surface area contributed by atoms with Gasteiger partial charge in [-0.15, -0.1) is 0 Å². The van der Waals surface area contributed by atoms with Crippen molar-refractivity contribution in [3.63, 3.8) is 0 Å². The van der Waals surface area contributed by atoms with Crippen LogP contribution in [0.3, 0.4) is 0 Å². The van der Waals surface area contributed by atoms with Gasteiger partial charge < -0.3 is 10.6 Å². The van der Waals surface area contributed by atoms with Crippen molar-refractivity contribution in [3.05, 3.63) is 23.3 Å². The molecule has 3 rings (SSSR count). The Morgan fingerprint density at radius 2 is 1.75 bits per heavy atom. The fourth-order valence-electron chi connectivity index (χ4n) is 4.53. The fraction of sp³-hybridized carbons (Fsp3) is 0.727. The molecule has 6 nitrogen and oxygen atoms in total. The van der Waals surface area contributed by atoms with Crippen LogP contribution in [0.5, 0.6) is 0 Å². The molecule has 1 aliphatic carbocycles. The molecular formula is C22H34N4O2. The van der Waals surface area contributed by atoms with E-state index in [1.165, 1.54) is 25.7 Å². The van der Waals surface area contributed by atoms with Crippen molar-refractivity contribution in [2.45, 2.75) is 71.6 Å². The lowest BCUT2D eigenvalue weighted by molar-refractivity contribution is -0.133. The Hall–Kier alpha value is -1.98. The molecule has 2 aliphatic rings. The zero-order chi connectivity index (χ0) is 20.1. The van der Waals surface area contributed by atoms with E-state index in [4.69, 9.17) is 10.7 Å². The maximum Gasteiger partial charge on any atom is 0.252 e. The summed E-state index contributed by atoms with van der Waals surface area (Å²) in [5, 5.41) is 0. The van der Waals surface area contributed by atoms with Crippen LogP contribution in [0.4, 0.5) is 0 Å². The number of likely N-dealkylation sites (tertiary alicyclic amines) is 1. The number of nitrogens with zero attached hydrogens (tertiary/aromatic N) is 3. The zero-order valence-corrected chi connectivity index (χ0v) is 17.3. The van der Waals surface area contributed by atoms with Crippen LogP contribution in [-0.2, 0) is 17.6 Å². The van der Waals surface area contributed by atoms with E-state index >= 15 is 0 Å². The van der Waals surface area contributed by atoms with Gasteiger partial charge in [0, 0.05) is 32.1 Å². The summed E-state index contributed by atoms with van der Waals surface area (Å²) >= 11 is 0. The Kier molecular flexibility index (Phi) is 7.03. The minimum atomic E-state index is -0.434. The Bertz CT molecular complexity index is 690. The predicted octanol–water partition coefficient (Wildman–Crippen LogP) is 3.14. The van der Waals surface area contributed by atoms with Crippen molar-refractivity contribution < 1.29 is 9.59 Å². The number of carbonyl (C=O) groups excluding carboxylic acids is 2. The van der Waals surface area contributed by atoms with Crippen LogP contribution in [-0.4, -0.2) is 39.8 Å². The van der Waals surface area contributed by atoms with Gasteiger partial charge in [0.05, 0.1) is 11.3 Å². The molecule has 2 fully saturated rings. The minimum Gasteiger partial charge on any atom is -0.365 e.